The zero-order valence-electron chi connectivity index (χ0n) is 10.2. The van der Waals surface area contributed by atoms with E-state index < -0.39 is 0 Å². The summed E-state index contributed by atoms with van der Waals surface area (Å²) in [5, 5.41) is 0. The van der Waals surface area contributed by atoms with Crippen molar-refractivity contribution >= 4 is 0 Å². The zero-order chi connectivity index (χ0) is 10.4. The molecule has 1 spiro atoms. The molecule has 2 fully saturated rings. The van der Waals surface area contributed by atoms with Crippen molar-refractivity contribution in [3.63, 3.8) is 0 Å². The summed E-state index contributed by atoms with van der Waals surface area (Å²) in [5.74, 6) is 0.969. The van der Waals surface area contributed by atoms with E-state index in [-0.39, 0.29) is 0 Å². The lowest BCUT2D eigenvalue weighted by atomic mass is 9.81. The van der Waals surface area contributed by atoms with Gasteiger partial charge in [0.05, 0.1) is 14.1 Å². The molecule has 1 aliphatic carbocycles. The first kappa shape index (κ1) is 10.4. The molecule has 0 atom stereocenters. The van der Waals surface area contributed by atoms with Gasteiger partial charge in [-0.25, -0.2) is 0 Å². The number of likely N-dealkylation sites (N-methyl/N-ethyl adjacent to an activating group) is 1. The van der Waals surface area contributed by atoms with Crippen molar-refractivity contribution in [2.75, 3.05) is 41.3 Å². The fourth-order valence-electron chi connectivity index (χ4n) is 3.38. The van der Waals surface area contributed by atoms with Crippen molar-refractivity contribution in [1.82, 2.24) is 4.90 Å². The Morgan fingerprint density at radius 1 is 1.21 bits per heavy atom. The highest BCUT2D eigenvalue weighted by Crippen LogP contribution is 2.50. The van der Waals surface area contributed by atoms with Crippen molar-refractivity contribution in [2.45, 2.75) is 31.2 Å². The third-order valence-electron chi connectivity index (χ3n) is 4.53. The van der Waals surface area contributed by atoms with Crippen molar-refractivity contribution in [2.24, 2.45) is 5.92 Å². The van der Waals surface area contributed by atoms with Crippen molar-refractivity contribution in [3.05, 3.63) is 0 Å². The molecule has 2 aliphatic rings. The van der Waals surface area contributed by atoms with Crippen LogP contribution in [-0.4, -0.2) is 56.2 Å². The molecule has 0 aromatic rings. The number of rotatable bonds is 2. The molecule has 1 aliphatic heterocycles. The molecule has 0 N–H and O–H groups in total. The lowest BCUT2D eigenvalue weighted by molar-refractivity contribution is -0.788. The molecule has 2 nitrogen and oxygen atoms in total. The van der Waals surface area contributed by atoms with E-state index in [4.69, 9.17) is 0 Å². The van der Waals surface area contributed by atoms with E-state index in [2.05, 4.69) is 33.1 Å². The first-order valence-corrected chi connectivity index (χ1v) is 5.93. The van der Waals surface area contributed by atoms with Crippen LogP contribution < -0.4 is 0 Å². The van der Waals surface area contributed by atoms with E-state index in [1.165, 1.54) is 43.3 Å². The van der Waals surface area contributed by atoms with Gasteiger partial charge in [0.1, 0.15) is 12.1 Å². The van der Waals surface area contributed by atoms with Crippen molar-refractivity contribution in [1.29, 1.82) is 0 Å². The summed E-state index contributed by atoms with van der Waals surface area (Å²) in [7, 11) is 9.18. The maximum absolute atomic E-state index is 2.40. The van der Waals surface area contributed by atoms with Gasteiger partial charge in [-0.2, -0.15) is 0 Å². The van der Waals surface area contributed by atoms with Gasteiger partial charge < -0.3 is 9.38 Å². The Balaban J connectivity index is 1.82. The molecule has 1 saturated heterocycles. The van der Waals surface area contributed by atoms with Gasteiger partial charge in [0.2, 0.25) is 0 Å². The summed E-state index contributed by atoms with van der Waals surface area (Å²) in [6.45, 7) is 2.73. The molecule has 0 aromatic heterocycles. The lowest BCUT2D eigenvalue weighted by Crippen LogP contribution is -2.35. The number of hydrogen-bond donors (Lipinski definition) is 0. The minimum Gasteiger partial charge on any atom is -0.314 e. The average Bonchev–Trinajstić information content (AvgIpc) is 2.58. The van der Waals surface area contributed by atoms with Crippen LogP contribution in [0.3, 0.4) is 0 Å². The Bertz CT molecular complexity index is 212. The molecule has 0 amide bonds. The highest BCUT2D eigenvalue weighted by molar-refractivity contribution is 4.96. The quantitative estimate of drug-likeness (QED) is 0.480. The summed E-state index contributed by atoms with van der Waals surface area (Å²) in [4.78, 5) is 2.34. The predicted molar refractivity (Wildman–Crippen MR) is 60.2 cm³/mol. The summed E-state index contributed by atoms with van der Waals surface area (Å²) < 4.78 is 1.29. The smallest absolute Gasteiger partial charge is 0.148 e. The topological polar surface area (TPSA) is 3.24 Å². The fraction of sp³-hybridized carbons (Fsp3) is 1.00. The first-order chi connectivity index (χ1) is 6.45. The second-order valence-electron chi connectivity index (χ2n) is 6.27. The van der Waals surface area contributed by atoms with E-state index in [0.29, 0.717) is 5.54 Å². The van der Waals surface area contributed by atoms with E-state index in [9.17, 15) is 0 Å². The van der Waals surface area contributed by atoms with Gasteiger partial charge in [0.15, 0.2) is 0 Å². The Morgan fingerprint density at radius 3 is 2.07 bits per heavy atom. The first-order valence-electron chi connectivity index (χ1n) is 5.93. The molecule has 14 heavy (non-hydrogen) atoms. The minimum absolute atomic E-state index is 0.711. The number of nitrogens with zero attached hydrogens (tertiary/aromatic N) is 2. The Kier molecular flexibility index (Phi) is 2.39. The van der Waals surface area contributed by atoms with Crippen LogP contribution in [-0.2, 0) is 0 Å². The van der Waals surface area contributed by atoms with Gasteiger partial charge >= 0.3 is 0 Å². The molecular formula is C12H25N2+. The third-order valence-corrected chi connectivity index (χ3v) is 4.53. The second-order valence-corrected chi connectivity index (χ2v) is 6.27. The molecular weight excluding hydrogens is 172 g/mol. The molecule has 0 unspecified atom stereocenters. The summed E-state index contributed by atoms with van der Waals surface area (Å²) in [6.07, 6.45) is 5.86. The summed E-state index contributed by atoms with van der Waals surface area (Å²) in [6, 6.07) is 0. The van der Waals surface area contributed by atoms with Crippen molar-refractivity contribution in [3.8, 4) is 0 Å². The molecule has 2 heteroatoms. The van der Waals surface area contributed by atoms with Crippen LogP contribution in [0.1, 0.15) is 25.7 Å². The SMILES string of the molecule is CN(C)CC1CCC2(CC1)C[N+]2(C)C. The van der Waals surface area contributed by atoms with Gasteiger partial charge in [0.25, 0.3) is 0 Å². The zero-order valence-corrected chi connectivity index (χ0v) is 10.2. The average molecular weight is 197 g/mol. The Morgan fingerprint density at radius 2 is 1.71 bits per heavy atom. The Labute approximate surface area is 88.5 Å². The molecule has 1 saturated carbocycles. The van der Waals surface area contributed by atoms with Gasteiger partial charge in [-0.3, -0.25) is 0 Å². The van der Waals surface area contributed by atoms with E-state index in [1.807, 2.05) is 0 Å². The van der Waals surface area contributed by atoms with E-state index in [0.717, 1.165) is 5.92 Å². The predicted octanol–water partition coefficient (Wildman–Crippen LogP) is 1.57. The van der Waals surface area contributed by atoms with Crippen LogP contribution in [0.4, 0.5) is 0 Å². The van der Waals surface area contributed by atoms with Gasteiger partial charge in [-0.1, -0.05) is 0 Å². The number of hydrogen-bond acceptors (Lipinski definition) is 1. The summed E-state index contributed by atoms with van der Waals surface area (Å²) in [5.41, 5.74) is 0.711. The molecule has 2 rings (SSSR count). The highest BCUT2D eigenvalue weighted by Gasteiger charge is 2.64. The standard InChI is InChI=1S/C12H25N2/c1-13(2)9-11-5-7-12(8-6-11)10-14(12,3)4/h11H,5-10H2,1-4H3/q+1. The third kappa shape index (κ3) is 1.70. The van der Waals surface area contributed by atoms with Crippen LogP contribution >= 0.6 is 0 Å². The minimum atomic E-state index is 0.711. The normalized spacial score (nSPS) is 40.5. The summed E-state index contributed by atoms with van der Waals surface area (Å²) >= 11 is 0. The molecule has 0 radical (unpaired) electrons. The van der Waals surface area contributed by atoms with Crippen LogP contribution in [0.2, 0.25) is 0 Å². The number of quaternary nitrogens is 1. The van der Waals surface area contributed by atoms with Gasteiger partial charge in [-0.15, -0.1) is 0 Å². The molecule has 82 valence electrons. The van der Waals surface area contributed by atoms with Crippen LogP contribution in [0.25, 0.3) is 0 Å². The maximum atomic E-state index is 2.40. The monoisotopic (exact) mass is 197 g/mol. The Hall–Kier alpha value is -0.0800. The second kappa shape index (κ2) is 3.21. The lowest BCUT2D eigenvalue weighted by Gasteiger charge is -2.30. The van der Waals surface area contributed by atoms with Gasteiger partial charge in [0, 0.05) is 19.4 Å². The highest BCUT2D eigenvalue weighted by atomic mass is 15.5. The van der Waals surface area contributed by atoms with E-state index >= 15 is 0 Å². The molecule has 0 bridgehead atoms. The fourth-order valence-corrected chi connectivity index (χ4v) is 3.38. The largest absolute Gasteiger partial charge is 0.314 e. The molecule has 1 heterocycles. The van der Waals surface area contributed by atoms with Crippen LogP contribution in [0.5, 0.6) is 0 Å². The maximum Gasteiger partial charge on any atom is 0.148 e. The molecule has 0 aromatic carbocycles. The van der Waals surface area contributed by atoms with Crippen LogP contribution in [0.15, 0.2) is 0 Å². The van der Waals surface area contributed by atoms with Crippen LogP contribution in [0, 0.1) is 5.92 Å². The van der Waals surface area contributed by atoms with Crippen molar-refractivity contribution < 1.29 is 4.48 Å². The van der Waals surface area contributed by atoms with E-state index in [1.54, 1.807) is 0 Å². The van der Waals surface area contributed by atoms with Gasteiger partial charge in [-0.05, 0) is 32.9 Å².